The number of amides is 1. The standard InChI is InChI=1S/C19H26N4O/c1-4-14(2)21-18(24)17-13-15(3)22-19(23-17)20-12-8-11-16-9-6-5-7-10-16/h5-7,9-10,13-14H,4,8,11-12H2,1-3H3,(H,21,24)(H,20,22,23). The summed E-state index contributed by atoms with van der Waals surface area (Å²) < 4.78 is 0. The maximum absolute atomic E-state index is 12.2. The lowest BCUT2D eigenvalue weighted by Gasteiger charge is -2.12. The van der Waals surface area contributed by atoms with Crippen molar-refractivity contribution < 1.29 is 4.79 Å². The third-order valence-corrected chi connectivity index (χ3v) is 3.84. The van der Waals surface area contributed by atoms with Gasteiger partial charge >= 0.3 is 0 Å². The van der Waals surface area contributed by atoms with E-state index in [-0.39, 0.29) is 11.9 Å². The zero-order chi connectivity index (χ0) is 17.4. The van der Waals surface area contributed by atoms with Crippen LogP contribution < -0.4 is 10.6 Å². The Morgan fingerprint density at radius 3 is 2.67 bits per heavy atom. The molecular weight excluding hydrogens is 300 g/mol. The molecule has 2 aromatic rings. The van der Waals surface area contributed by atoms with Gasteiger partial charge < -0.3 is 10.6 Å². The molecule has 1 aromatic carbocycles. The zero-order valence-corrected chi connectivity index (χ0v) is 14.7. The highest BCUT2D eigenvalue weighted by Crippen LogP contribution is 2.07. The molecule has 0 aliphatic carbocycles. The summed E-state index contributed by atoms with van der Waals surface area (Å²) in [5.74, 6) is 0.361. The maximum atomic E-state index is 12.2. The van der Waals surface area contributed by atoms with Crippen molar-refractivity contribution >= 4 is 11.9 Å². The van der Waals surface area contributed by atoms with E-state index in [4.69, 9.17) is 0 Å². The highest BCUT2D eigenvalue weighted by molar-refractivity contribution is 5.92. The van der Waals surface area contributed by atoms with Crippen LogP contribution in [0.4, 0.5) is 5.95 Å². The third kappa shape index (κ3) is 5.65. The first-order valence-electron chi connectivity index (χ1n) is 8.53. The van der Waals surface area contributed by atoms with E-state index in [1.54, 1.807) is 6.07 Å². The fourth-order valence-electron chi connectivity index (χ4n) is 2.30. The lowest BCUT2D eigenvalue weighted by Crippen LogP contribution is -2.32. The zero-order valence-electron chi connectivity index (χ0n) is 14.7. The van der Waals surface area contributed by atoms with Gasteiger partial charge in [-0.3, -0.25) is 4.79 Å². The van der Waals surface area contributed by atoms with E-state index in [0.29, 0.717) is 11.6 Å². The minimum atomic E-state index is -0.151. The van der Waals surface area contributed by atoms with Crippen LogP contribution in [-0.2, 0) is 6.42 Å². The van der Waals surface area contributed by atoms with Gasteiger partial charge in [0.1, 0.15) is 5.69 Å². The molecule has 1 aromatic heterocycles. The number of hydrogen-bond donors (Lipinski definition) is 2. The van der Waals surface area contributed by atoms with E-state index in [1.165, 1.54) is 5.56 Å². The van der Waals surface area contributed by atoms with Crippen LogP contribution in [-0.4, -0.2) is 28.5 Å². The van der Waals surface area contributed by atoms with Gasteiger partial charge in [-0.2, -0.15) is 0 Å². The smallest absolute Gasteiger partial charge is 0.270 e. The number of anilines is 1. The third-order valence-electron chi connectivity index (χ3n) is 3.84. The molecule has 5 nitrogen and oxygen atoms in total. The summed E-state index contributed by atoms with van der Waals surface area (Å²) in [6.45, 7) is 6.66. The van der Waals surface area contributed by atoms with Gasteiger partial charge in [-0.1, -0.05) is 37.3 Å². The van der Waals surface area contributed by atoms with Crippen molar-refractivity contribution in [1.29, 1.82) is 0 Å². The van der Waals surface area contributed by atoms with E-state index >= 15 is 0 Å². The van der Waals surface area contributed by atoms with E-state index in [9.17, 15) is 4.79 Å². The molecule has 0 spiro atoms. The summed E-state index contributed by atoms with van der Waals surface area (Å²) in [6.07, 6.45) is 2.87. The molecule has 0 radical (unpaired) electrons. The number of nitrogens with one attached hydrogen (secondary N) is 2. The molecule has 0 bridgehead atoms. The summed E-state index contributed by atoms with van der Waals surface area (Å²) in [4.78, 5) is 20.9. The molecule has 1 atom stereocenters. The monoisotopic (exact) mass is 326 g/mol. The molecule has 2 rings (SSSR count). The van der Waals surface area contributed by atoms with E-state index in [0.717, 1.165) is 31.5 Å². The molecule has 2 N–H and O–H groups in total. The second-order valence-electron chi connectivity index (χ2n) is 6.02. The molecule has 0 saturated heterocycles. The summed E-state index contributed by atoms with van der Waals surface area (Å²) in [7, 11) is 0. The number of nitrogens with zero attached hydrogens (tertiary/aromatic N) is 2. The Kier molecular flexibility index (Phi) is 6.73. The Morgan fingerprint density at radius 2 is 1.96 bits per heavy atom. The molecule has 24 heavy (non-hydrogen) atoms. The van der Waals surface area contributed by atoms with Crippen LogP contribution in [0.25, 0.3) is 0 Å². The van der Waals surface area contributed by atoms with Crippen LogP contribution >= 0.6 is 0 Å². The van der Waals surface area contributed by atoms with Crippen molar-refractivity contribution in [2.24, 2.45) is 0 Å². The first-order valence-corrected chi connectivity index (χ1v) is 8.53. The highest BCUT2D eigenvalue weighted by atomic mass is 16.1. The second-order valence-corrected chi connectivity index (χ2v) is 6.02. The number of rotatable bonds is 8. The molecular formula is C19H26N4O. The summed E-state index contributed by atoms with van der Waals surface area (Å²) in [5, 5.41) is 6.15. The van der Waals surface area contributed by atoms with E-state index in [2.05, 4.69) is 44.9 Å². The molecule has 128 valence electrons. The second kappa shape index (κ2) is 9.01. The molecule has 5 heteroatoms. The first-order chi connectivity index (χ1) is 11.6. The van der Waals surface area contributed by atoms with Crippen molar-refractivity contribution in [2.75, 3.05) is 11.9 Å². The Bertz CT molecular complexity index is 658. The van der Waals surface area contributed by atoms with Gasteiger partial charge in [0, 0.05) is 18.3 Å². The van der Waals surface area contributed by atoms with Crippen LogP contribution in [0.15, 0.2) is 36.4 Å². The molecule has 1 unspecified atom stereocenters. The van der Waals surface area contributed by atoms with Gasteiger partial charge in [0.05, 0.1) is 0 Å². The fourth-order valence-corrected chi connectivity index (χ4v) is 2.30. The first kappa shape index (κ1) is 17.9. The van der Waals surface area contributed by atoms with Crippen LogP contribution in [0.5, 0.6) is 0 Å². The molecule has 1 amide bonds. The van der Waals surface area contributed by atoms with Crippen molar-refractivity contribution in [2.45, 2.75) is 46.1 Å². The maximum Gasteiger partial charge on any atom is 0.270 e. The van der Waals surface area contributed by atoms with Gasteiger partial charge in [0.15, 0.2) is 0 Å². The molecule has 1 heterocycles. The molecule has 0 aliphatic heterocycles. The van der Waals surface area contributed by atoms with Crippen LogP contribution in [0.2, 0.25) is 0 Å². The van der Waals surface area contributed by atoms with Crippen molar-refractivity contribution in [3.8, 4) is 0 Å². The predicted molar refractivity (Wildman–Crippen MR) is 97.2 cm³/mol. The van der Waals surface area contributed by atoms with Crippen molar-refractivity contribution in [3.63, 3.8) is 0 Å². The van der Waals surface area contributed by atoms with Gasteiger partial charge in [0.25, 0.3) is 5.91 Å². The van der Waals surface area contributed by atoms with E-state index in [1.807, 2.05) is 26.8 Å². The Labute approximate surface area is 143 Å². The fraction of sp³-hybridized carbons (Fsp3) is 0.421. The van der Waals surface area contributed by atoms with Crippen LogP contribution in [0, 0.1) is 6.92 Å². The normalized spacial score (nSPS) is 11.8. The van der Waals surface area contributed by atoms with Gasteiger partial charge in [0.2, 0.25) is 5.95 Å². The minimum Gasteiger partial charge on any atom is -0.354 e. The lowest BCUT2D eigenvalue weighted by atomic mass is 10.1. The quantitative estimate of drug-likeness (QED) is 0.730. The summed E-state index contributed by atoms with van der Waals surface area (Å²) in [6, 6.07) is 12.2. The van der Waals surface area contributed by atoms with Crippen molar-refractivity contribution in [1.82, 2.24) is 15.3 Å². The van der Waals surface area contributed by atoms with Gasteiger partial charge in [-0.05, 0) is 44.7 Å². The average Bonchev–Trinajstić information content (AvgIpc) is 2.59. The average molecular weight is 326 g/mol. The molecule has 0 aliphatic rings. The Hall–Kier alpha value is -2.43. The minimum absolute atomic E-state index is 0.134. The number of carbonyl (C=O) groups excluding carboxylic acids is 1. The highest BCUT2D eigenvalue weighted by Gasteiger charge is 2.12. The van der Waals surface area contributed by atoms with Gasteiger partial charge in [-0.25, -0.2) is 9.97 Å². The number of aromatic nitrogens is 2. The number of carbonyl (C=O) groups is 1. The van der Waals surface area contributed by atoms with E-state index < -0.39 is 0 Å². The molecule has 0 fully saturated rings. The topological polar surface area (TPSA) is 66.9 Å². The van der Waals surface area contributed by atoms with Gasteiger partial charge in [-0.15, -0.1) is 0 Å². The van der Waals surface area contributed by atoms with Crippen molar-refractivity contribution in [3.05, 3.63) is 53.3 Å². The SMILES string of the molecule is CCC(C)NC(=O)c1cc(C)nc(NCCCc2ccccc2)n1. The van der Waals surface area contributed by atoms with Crippen LogP contribution in [0.3, 0.4) is 0 Å². The number of hydrogen-bond acceptors (Lipinski definition) is 4. The predicted octanol–water partition coefficient (Wildman–Crippen LogP) is 3.36. The Morgan fingerprint density at radius 1 is 1.21 bits per heavy atom. The lowest BCUT2D eigenvalue weighted by molar-refractivity contribution is 0.0934. The summed E-state index contributed by atoms with van der Waals surface area (Å²) >= 11 is 0. The van der Waals surface area contributed by atoms with Crippen LogP contribution in [0.1, 0.15) is 48.4 Å². The Balaban J connectivity index is 1.89. The molecule has 0 saturated carbocycles. The largest absolute Gasteiger partial charge is 0.354 e. The number of aryl methyl sites for hydroxylation is 2. The summed E-state index contributed by atoms with van der Waals surface area (Å²) in [5.41, 5.74) is 2.51. The number of benzene rings is 1.